The summed E-state index contributed by atoms with van der Waals surface area (Å²) >= 11 is 0. The fourth-order valence-electron chi connectivity index (χ4n) is 3.55. The minimum absolute atomic E-state index is 0.0329. The van der Waals surface area contributed by atoms with E-state index in [0.717, 1.165) is 25.7 Å². The highest BCUT2D eigenvalue weighted by Crippen LogP contribution is 2.40. The second-order valence-corrected chi connectivity index (χ2v) is 6.11. The van der Waals surface area contributed by atoms with E-state index in [0.29, 0.717) is 0 Å². The molecule has 1 aliphatic heterocycles. The molecule has 1 atom stereocenters. The number of nitrogens with one attached hydrogen (secondary N) is 1. The molecule has 1 amide bonds. The Balaban J connectivity index is 1.98. The molecule has 0 bridgehead atoms. The summed E-state index contributed by atoms with van der Waals surface area (Å²) in [7, 11) is 1.93. The lowest BCUT2D eigenvalue weighted by molar-refractivity contribution is -0.132. The largest absolute Gasteiger partial charge is 0.324 e. The maximum absolute atomic E-state index is 12.6. The number of nitrogens with zero attached hydrogens (tertiary/aromatic N) is 1. The summed E-state index contributed by atoms with van der Waals surface area (Å²) in [5.74, 6) is 0.274. The molecular weight excluding hydrogens is 236 g/mol. The van der Waals surface area contributed by atoms with Gasteiger partial charge in [-0.25, -0.2) is 0 Å². The highest BCUT2D eigenvalue weighted by molar-refractivity contribution is 5.89. The molecule has 1 aliphatic carbocycles. The summed E-state index contributed by atoms with van der Waals surface area (Å²) < 4.78 is 0. The smallest absolute Gasteiger partial charge is 0.244 e. The Morgan fingerprint density at radius 3 is 2.63 bits per heavy atom. The van der Waals surface area contributed by atoms with Gasteiger partial charge in [0.25, 0.3) is 0 Å². The van der Waals surface area contributed by atoms with Crippen LogP contribution in [-0.2, 0) is 4.79 Å². The molecule has 1 unspecified atom stereocenters. The Morgan fingerprint density at radius 1 is 1.26 bits per heavy atom. The second-order valence-electron chi connectivity index (χ2n) is 6.11. The Kier molecular flexibility index (Phi) is 2.90. The maximum Gasteiger partial charge on any atom is 0.244 e. The van der Waals surface area contributed by atoms with Crippen LogP contribution >= 0.6 is 0 Å². The van der Waals surface area contributed by atoms with Gasteiger partial charge in [0, 0.05) is 7.05 Å². The number of carbonyl (C=O) groups is 1. The molecule has 2 fully saturated rings. The molecule has 1 saturated heterocycles. The Bertz CT molecular complexity index is 517. The van der Waals surface area contributed by atoms with Crippen LogP contribution in [0.1, 0.15) is 48.5 Å². The van der Waals surface area contributed by atoms with E-state index < -0.39 is 0 Å². The standard InChI is InChI=1S/C16H22N2O/c1-11-6-7-12(2)13(10-11)14-17-16(8-4-5-9-16)15(19)18(14)3/h6-7,10,14,17H,4-5,8-9H2,1-3H3. The monoisotopic (exact) mass is 258 g/mol. The summed E-state index contributed by atoms with van der Waals surface area (Å²) in [6, 6.07) is 6.47. The third-order valence-electron chi connectivity index (χ3n) is 4.72. The van der Waals surface area contributed by atoms with E-state index in [2.05, 4.69) is 37.4 Å². The average Bonchev–Trinajstić information content (AvgIpc) is 2.95. The molecule has 1 N–H and O–H groups in total. The molecule has 3 nitrogen and oxygen atoms in total. The third kappa shape index (κ3) is 1.88. The van der Waals surface area contributed by atoms with Gasteiger partial charge in [-0.1, -0.05) is 36.6 Å². The molecule has 19 heavy (non-hydrogen) atoms. The van der Waals surface area contributed by atoms with E-state index in [9.17, 15) is 4.79 Å². The molecule has 1 saturated carbocycles. The van der Waals surface area contributed by atoms with Crippen molar-refractivity contribution >= 4 is 5.91 Å². The van der Waals surface area contributed by atoms with Gasteiger partial charge >= 0.3 is 0 Å². The van der Waals surface area contributed by atoms with Crippen LogP contribution in [0.25, 0.3) is 0 Å². The number of hydrogen-bond acceptors (Lipinski definition) is 2. The Morgan fingerprint density at radius 2 is 1.95 bits per heavy atom. The molecule has 1 spiro atoms. The second kappa shape index (κ2) is 4.34. The van der Waals surface area contributed by atoms with Gasteiger partial charge in [0.05, 0.1) is 5.54 Å². The number of likely N-dealkylation sites (N-methyl/N-ethyl adjacent to an activating group) is 1. The molecule has 0 aromatic heterocycles. The van der Waals surface area contributed by atoms with Gasteiger partial charge in [0.2, 0.25) is 5.91 Å². The van der Waals surface area contributed by atoms with Gasteiger partial charge in [-0.3, -0.25) is 10.1 Å². The van der Waals surface area contributed by atoms with Crippen LogP contribution in [0.3, 0.4) is 0 Å². The zero-order valence-electron chi connectivity index (χ0n) is 12.0. The van der Waals surface area contributed by atoms with E-state index in [1.807, 2.05) is 11.9 Å². The first-order chi connectivity index (χ1) is 9.03. The molecule has 3 rings (SSSR count). The first-order valence-corrected chi connectivity index (χ1v) is 7.16. The van der Waals surface area contributed by atoms with Crippen LogP contribution < -0.4 is 5.32 Å². The third-order valence-corrected chi connectivity index (χ3v) is 4.72. The van der Waals surface area contributed by atoms with Crippen molar-refractivity contribution in [1.29, 1.82) is 0 Å². The minimum atomic E-state index is -0.282. The van der Waals surface area contributed by atoms with E-state index in [1.165, 1.54) is 16.7 Å². The normalized spacial score (nSPS) is 25.5. The summed E-state index contributed by atoms with van der Waals surface area (Å²) in [5, 5.41) is 3.63. The van der Waals surface area contributed by atoms with Crippen molar-refractivity contribution in [2.45, 2.75) is 51.2 Å². The lowest BCUT2D eigenvalue weighted by Crippen LogP contribution is -2.43. The van der Waals surface area contributed by atoms with E-state index in [-0.39, 0.29) is 17.6 Å². The number of aryl methyl sites for hydroxylation is 2. The van der Waals surface area contributed by atoms with Gasteiger partial charge in [-0.15, -0.1) is 0 Å². The minimum Gasteiger partial charge on any atom is -0.324 e. The molecule has 1 aromatic rings. The van der Waals surface area contributed by atoms with Crippen molar-refractivity contribution in [2.75, 3.05) is 7.05 Å². The molecule has 1 aromatic carbocycles. The number of amides is 1. The fourth-order valence-corrected chi connectivity index (χ4v) is 3.55. The number of benzene rings is 1. The van der Waals surface area contributed by atoms with Gasteiger partial charge in [0.1, 0.15) is 6.17 Å². The molecule has 3 heteroatoms. The quantitative estimate of drug-likeness (QED) is 0.840. The van der Waals surface area contributed by atoms with E-state index in [1.54, 1.807) is 0 Å². The van der Waals surface area contributed by atoms with Crippen LogP contribution in [0.15, 0.2) is 18.2 Å². The lowest BCUT2D eigenvalue weighted by atomic mass is 9.98. The highest BCUT2D eigenvalue weighted by atomic mass is 16.2. The lowest BCUT2D eigenvalue weighted by Gasteiger charge is -2.22. The zero-order chi connectivity index (χ0) is 13.6. The van der Waals surface area contributed by atoms with Crippen molar-refractivity contribution in [2.24, 2.45) is 0 Å². The molecule has 2 aliphatic rings. The van der Waals surface area contributed by atoms with Crippen molar-refractivity contribution in [3.05, 3.63) is 34.9 Å². The van der Waals surface area contributed by atoms with E-state index >= 15 is 0 Å². The predicted molar refractivity (Wildman–Crippen MR) is 75.8 cm³/mol. The number of hydrogen-bond donors (Lipinski definition) is 1. The van der Waals surface area contributed by atoms with Crippen LogP contribution in [0.2, 0.25) is 0 Å². The van der Waals surface area contributed by atoms with E-state index in [4.69, 9.17) is 0 Å². The highest BCUT2D eigenvalue weighted by Gasteiger charge is 2.51. The van der Waals surface area contributed by atoms with Crippen LogP contribution in [0.5, 0.6) is 0 Å². The molecular formula is C16H22N2O. The predicted octanol–water partition coefficient (Wildman–Crippen LogP) is 2.68. The summed E-state index contributed by atoms with van der Waals surface area (Å²) in [4.78, 5) is 14.5. The number of rotatable bonds is 1. The van der Waals surface area contributed by atoms with Crippen molar-refractivity contribution in [3.8, 4) is 0 Å². The van der Waals surface area contributed by atoms with Gasteiger partial charge in [-0.2, -0.15) is 0 Å². The topological polar surface area (TPSA) is 32.3 Å². The van der Waals surface area contributed by atoms with Crippen molar-refractivity contribution in [3.63, 3.8) is 0 Å². The molecule has 102 valence electrons. The van der Waals surface area contributed by atoms with Crippen molar-refractivity contribution in [1.82, 2.24) is 10.2 Å². The SMILES string of the molecule is Cc1ccc(C)c(C2NC3(CCCC3)C(=O)N2C)c1. The van der Waals surface area contributed by atoms with Crippen LogP contribution in [-0.4, -0.2) is 23.4 Å². The van der Waals surface area contributed by atoms with Crippen LogP contribution in [0, 0.1) is 13.8 Å². The summed E-state index contributed by atoms with van der Waals surface area (Å²) in [5.41, 5.74) is 3.45. The number of carbonyl (C=O) groups excluding carboxylic acids is 1. The van der Waals surface area contributed by atoms with Gasteiger partial charge in [0.15, 0.2) is 0 Å². The van der Waals surface area contributed by atoms with Gasteiger partial charge in [-0.05, 0) is 37.8 Å². The van der Waals surface area contributed by atoms with Gasteiger partial charge < -0.3 is 4.90 Å². The fraction of sp³-hybridized carbons (Fsp3) is 0.562. The first-order valence-electron chi connectivity index (χ1n) is 7.16. The van der Waals surface area contributed by atoms with Crippen LogP contribution in [0.4, 0.5) is 0 Å². The Hall–Kier alpha value is -1.35. The molecule has 1 heterocycles. The average molecular weight is 258 g/mol. The van der Waals surface area contributed by atoms with Crippen molar-refractivity contribution < 1.29 is 4.79 Å². The Labute approximate surface area is 115 Å². The first kappa shape index (κ1) is 12.7. The zero-order valence-corrected chi connectivity index (χ0v) is 12.0. The summed E-state index contributed by atoms with van der Waals surface area (Å²) in [6.07, 6.45) is 4.32. The molecule has 0 radical (unpaired) electrons. The summed E-state index contributed by atoms with van der Waals surface area (Å²) in [6.45, 7) is 4.22. The maximum atomic E-state index is 12.6.